The first-order valence-corrected chi connectivity index (χ1v) is 11.5. The molecule has 6 nitrogen and oxygen atoms in total. The molecule has 3 aromatic carbocycles. The van der Waals surface area contributed by atoms with Crippen LogP contribution < -0.4 is 10.6 Å². The Hall–Kier alpha value is -4.03. The van der Waals surface area contributed by atoms with E-state index in [-0.39, 0.29) is 5.91 Å². The third-order valence-corrected chi connectivity index (χ3v) is 5.54. The Morgan fingerprint density at radius 2 is 1.62 bits per heavy atom. The van der Waals surface area contributed by atoms with Crippen molar-refractivity contribution in [1.29, 1.82) is 0 Å². The van der Waals surface area contributed by atoms with Gasteiger partial charge in [-0.25, -0.2) is 0 Å². The van der Waals surface area contributed by atoms with Crippen LogP contribution in [0.4, 0.5) is 11.5 Å². The van der Waals surface area contributed by atoms with Crippen molar-refractivity contribution < 1.29 is 4.79 Å². The first-order valence-electron chi connectivity index (χ1n) is 11.5. The third kappa shape index (κ3) is 6.49. The van der Waals surface area contributed by atoms with Crippen LogP contribution in [0.5, 0.6) is 0 Å². The fraction of sp³-hybridized carbons (Fsp3) is 0.179. The summed E-state index contributed by atoms with van der Waals surface area (Å²) < 4.78 is 0. The molecule has 4 aromatic rings. The van der Waals surface area contributed by atoms with Gasteiger partial charge < -0.3 is 10.6 Å². The van der Waals surface area contributed by atoms with Crippen molar-refractivity contribution in [1.82, 2.24) is 20.4 Å². The fourth-order valence-electron chi connectivity index (χ4n) is 3.67. The van der Waals surface area contributed by atoms with E-state index >= 15 is 0 Å². The molecule has 1 heterocycles. The fourth-order valence-corrected chi connectivity index (χ4v) is 3.67. The van der Waals surface area contributed by atoms with E-state index in [1.807, 2.05) is 72.8 Å². The summed E-state index contributed by atoms with van der Waals surface area (Å²) in [5.74, 6) is 0.529. The number of likely N-dealkylation sites (N-methyl/N-ethyl adjacent to an activating group) is 1. The number of carbonyl (C=O) groups is 1. The Labute approximate surface area is 200 Å². The zero-order valence-corrected chi connectivity index (χ0v) is 19.3. The van der Waals surface area contributed by atoms with E-state index in [9.17, 15) is 4.79 Å². The highest BCUT2D eigenvalue weighted by atomic mass is 16.1. The molecule has 0 spiro atoms. The number of amides is 1. The van der Waals surface area contributed by atoms with E-state index in [2.05, 4.69) is 56.9 Å². The van der Waals surface area contributed by atoms with E-state index in [0.29, 0.717) is 17.9 Å². The van der Waals surface area contributed by atoms with Gasteiger partial charge in [-0.2, -0.15) is 0 Å². The quantitative estimate of drug-likeness (QED) is 0.349. The lowest BCUT2D eigenvalue weighted by Crippen LogP contribution is -2.34. The van der Waals surface area contributed by atoms with Crippen LogP contribution in [0.1, 0.15) is 22.8 Å². The summed E-state index contributed by atoms with van der Waals surface area (Å²) in [7, 11) is 0. The number of nitrogens with one attached hydrogen (secondary N) is 2. The molecule has 1 amide bonds. The monoisotopic (exact) mass is 451 g/mol. The summed E-state index contributed by atoms with van der Waals surface area (Å²) in [6.45, 7) is 5.31. The topological polar surface area (TPSA) is 70.2 Å². The number of benzene rings is 3. The third-order valence-electron chi connectivity index (χ3n) is 5.54. The summed E-state index contributed by atoms with van der Waals surface area (Å²) in [5, 5.41) is 14.8. The van der Waals surface area contributed by atoms with Crippen molar-refractivity contribution in [2.45, 2.75) is 13.5 Å². The summed E-state index contributed by atoms with van der Waals surface area (Å²) in [6, 6.07) is 31.5. The van der Waals surface area contributed by atoms with Crippen LogP contribution in [0.3, 0.4) is 0 Å². The van der Waals surface area contributed by atoms with Crippen LogP contribution in [-0.2, 0) is 6.54 Å². The minimum atomic E-state index is -0.0927. The molecule has 6 heteroatoms. The smallest absolute Gasteiger partial charge is 0.251 e. The predicted octanol–water partition coefficient (Wildman–Crippen LogP) is 5.14. The molecule has 34 heavy (non-hydrogen) atoms. The van der Waals surface area contributed by atoms with Gasteiger partial charge in [0.25, 0.3) is 5.91 Å². The highest BCUT2D eigenvalue weighted by Gasteiger charge is 2.09. The second kappa shape index (κ2) is 11.7. The molecule has 0 fully saturated rings. The maximum Gasteiger partial charge on any atom is 0.251 e. The Bertz CT molecular complexity index is 1180. The number of hydrogen-bond donors (Lipinski definition) is 2. The van der Waals surface area contributed by atoms with Crippen LogP contribution in [0.15, 0.2) is 97.1 Å². The molecule has 2 N–H and O–H groups in total. The number of hydrogen-bond acceptors (Lipinski definition) is 5. The first-order chi connectivity index (χ1) is 16.7. The van der Waals surface area contributed by atoms with Gasteiger partial charge in [0.2, 0.25) is 0 Å². The molecule has 0 saturated heterocycles. The summed E-state index contributed by atoms with van der Waals surface area (Å²) in [4.78, 5) is 15.0. The molecule has 0 unspecified atom stereocenters. The average Bonchev–Trinajstić information content (AvgIpc) is 2.90. The zero-order chi connectivity index (χ0) is 23.6. The van der Waals surface area contributed by atoms with Crippen molar-refractivity contribution in [3.63, 3.8) is 0 Å². The lowest BCUT2D eigenvalue weighted by molar-refractivity contribution is 0.0948. The number of aromatic nitrogens is 2. The van der Waals surface area contributed by atoms with Crippen molar-refractivity contribution in [2.75, 3.05) is 25.0 Å². The van der Waals surface area contributed by atoms with Gasteiger partial charge in [0.1, 0.15) is 0 Å². The van der Waals surface area contributed by atoms with E-state index in [1.54, 1.807) is 0 Å². The highest BCUT2D eigenvalue weighted by Crippen LogP contribution is 2.19. The van der Waals surface area contributed by atoms with Crippen LogP contribution >= 0.6 is 0 Å². The second-order valence-electron chi connectivity index (χ2n) is 7.99. The number of rotatable bonds is 10. The Morgan fingerprint density at radius 1 is 0.853 bits per heavy atom. The molecular formula is C28H29N5O. The second-order valence-corrected chi connectivity index (χ2v) is 7.99. The van der Waals surface area contributed by atoms with Gasteiger partial charge in [-0.3, -0.25) is 9.69 Å². The van der Waals surface area contributed by atoms with Gasteiger partial charge in [-0.1, -0.05) is 73.7 Å². The molecular weight excluding hydrogens is 422 g/mol. The predicted molar refractivity (Wildman–Crippen MR) is 137 cm³/mol. The SMILES string of the molecule is CCN(CCNC(=O)c1cccc(Nc2ccc(-c3ccccc3)nn2)c1)Cc1ccccc1. The molecule has 1 aromatic heterocycles. The van der Waals surface area contributed by atoms with Crippen LogP contribution in [0.25, 0.3) is 11.3 Å². The first kappa shape index (κ1) is 23.1. The number of anilines is 2. The Kier molecular flexibility index (Phi) is 7.98. The van der Waals surface area contributed by atoms with Crippen molar-refractivity contribution in [3.8, 4) is 11.3 Å². The van der Waals surface area contributed by atoms with Gasteiger partial charge >= 0.3 is 0 Å². The maximum atomic E-state index is 12.7. The summed E-state index contributed by atoms with van der Waals surface area (Å²) in [6.07, 6.45) is 0. The van der Waals surface area contributed by atoms with E-state index in [0.717, 1.165) is 36.6 Å². The van der Waals surface area contributed by atoms with Crippen LogP contribution in [0.2, 0.25) is 0 Å². The summed E-state index contributed by atoms with van der Waals surface area (Å²) in [5.41, 5.74) is 4.49. The Morgan fingerprint density at radius 3 is 2.32 bits per heavy atom. The van der Waals surface area contributed by atoms with Crippen molar-refractivity contribution in [2.24, 2.45) is 0 Å². The molecule has 172 valence electrons. The van der Waals surface area contributed by atoms with E-state index in [4.69, 9.17) is 0 Å². The molecule has 0 radical (unpaired) electrons. The highest BCUT2D eigenvalue weighted by molar-refractivity contribution is 5.95. The minimum Gasteiger partial charge on any atom is -0.351 e. The van der Waals surface area contributed by atoms with Gasteiger partial charge in [0.05, 0.1) is 5.69 Å². The summed E-state index contributed by atoms with van der Waals surface area (Å²) >= 11 is 0. The van der Waals surface area contributed by atoms with E-state index in [1.165, 1.54) is 5.56 Å². The van der Waals surface area contributed by atoms with Gasteiger partial charge in [0, 0.05) is 36.4 Å². The molecule has 0 aliphatic carbocycles. The molecule has 0 atom stereocenters. The Balaban J connectivity index is 1.30. The van der Waals surface area contributed by atoms with Crippen LogP contribution in [0, 0.1) is 0 Å². The lowest BCUT2D eigenvalue weighted by Gasteiger charge is -2.20. The van der Waals surface area contributed by atoms with Gasteiger partial charge in [-0.05, 0) is 42.4 Å². The molecule has 0 bridgehead atoms. The number of carbonyl (C=O) groups excluding carboxylic acids is 1. The van der Waals surface area contributed by atoms with Gasteiger partial charge in [-0.15, -0.1) is 10.2 Å². The van der Waals surface area contributed by atoms with Gasteiger partial charge in [0.15, 0.2) is 5.82 Å². The minimum absolute atomic E-state index is 0.0927. The normalized spacial score (nSPS) is 10.8. The molecule has 0 aliphatic rings. The van der Waals surface area contributed by atoms with Crippen molar-refractivity contribution >= 4 is 17.4 Å². The standard InChI is InChI=1S/C28H29N5O/c1-2-33(21-22-10-5-3-6-11-22)19-18-29-28(34)24-14-9-15-25(20-24)30-27-17-16-26(31-32-27)23-12-7-4-8-13-23/h3-17,20H,2,18-19,21H2,1H3,(H,29,34)(H,30,32). The molecule has 4 rings (SSSR count). The zero-order valence-electron chi connectivity index (χ0n) is 19.3. The van der Waals surface area contributed by atoms with E-state index < -0.39 is 0 Å². The lowest BCUT2D eigenvalue weighted by atomic mass is 10.1. The van der Waals surface area contributed by atoms with Crippen molar-refractivity contribution in [3.05, 3.63) is 108 Å². The largest absolute Gasteiger partial charge is 0.351 e. The average molecular weight is 452 g/mol. The molecule has 0 aliphatic heterocycles. The van der Waals surface area contributed by atoms with Crippen LogP contribution in [-0.4, -0.2) is 40.6 Å². The number of nitrogens with zero attached hydrogens (tertiary/aromatic N) is 3. The maximum absolute atomic E-state index is 12.7. The molecule has 0 saturated carbocycles.